The zero-order chi connectivity index (χ0) is 17.6. The predicted octanol–water partition coefficient (Wildman–Crippen LogP) is 1.28. The van der Waals surface area contributed by atoms with Crippen LogP contribution in [0.5, 0.6) is 5.75 Å². The number of hydrogen-bond acceptors (Lipinski definition) is 5. The number of aliphatic carboxylic acids is 1. The SMILES string of the molecule is Nc1cc(=O)[nH]c(Cc2ccc(O)cc2)n1.O=C(O)C(F)(F)F. The third-order valence-electron chi connectivity index (χ3n) is 2.36. The van der Waals surface area contributed by atoms with Crippen LogP contribution in [0, 0.1) is 0 Å². The molecule has 0 aliphatic carbocycles. The minimum atomic E-state index is -5.08. The van der Waals surface area contributed by atoms with Gasteiger partial charge in [0, 0.05) is 12.5 Å². The molecule has 0 amide bonds. The lowest BCUT2D eigenvalue weighted by Crippen LogP contribution is -2.21. The average Bonchev–Trinajstić information content (AvgIpc) is 2.40. The number of halogens is 3. The molecule has 0 unspecified atom stereocenters. The summed E-state index contributed by atoms with van der Waals surface area (Å²) in [6, 6.07) is 7.93. The molecule has 0 bridgehead atoms. The summed E-state index contributed by atoms with van der Waals surface area (Å²) < 4.78 is 31.7. The van der Waals surface area contributed by atoms with Crippen molar-refractivity contribution in [3.8, 4) is 5.75 Å². The van der Waals surface area contributed by atoms with Crippen LogP contribution in [0.15, 0.2) is 35.1 Å². The van der Waals surface area contributed by atoms with Crippen LogP contribution in [0.4, 0.5) is 19.0 Å². The molecule has 5 N–H and O–H groups in total. The van der Waals surface area contributed by atoms with E-state index >= 15 is 0 Å². The van der Waals surface area contributed by atoms with Crippen molar-refractivity contribution < 1.29 is 28.2 Å². The van der Waals surface area contributed by atoms with Gasteiger partial charge >= 0.3 is 12.1 Å². The first-order valence-electron chi connectivity index (χ1n) is 6.01. The van der Waals surface area contributed by atoms with E-state index in [1.54, 1.807) is 24.3 Å². The number of carboxylic acids is 1. The number of phenols is 1. The van der Waals surface area contributed by atoms with E-state index in [9.17, 15) is 18.0 Å². The minimum absolute atomic E-state index is 0.206. The molecule has 0 saturated carbocycles. The molecule has 1 heterocycles. The molecule has 23 heavy (non-hydrogen) atoms. The van der Waals surface area contributed by atoms with Gasteiger partial charge in [-0.05, 0) is 17.7 Å². The Morgan fingerprint density at radius 1 is 1.26 bits per heavy atom. The second kappa shape index (κ2) is 7.29. The highest BCUT2D eigenvalue weighted by atomic mass is 19.4. The number of H-pyrrole nitrogens is 1. The maximum absolute atomic E-state index is 11.1. The number of phenolic OH excluding ortho intramolecular Hbond substituents is 1. The first-order chi connectivity index (χ1) is 10.6. The lowest BCUT2D eigenvalue weighted by molar-refractivity contribution is -0.192. The highest BCUT2D eigenvalue weighted by Gasteiger charge is 2.38. The molecule has 0 spiro atoms. The minimum Gasteiger partial charge on any atom is -0.508 e. The number of benzene rings is 1. The third-order valence-corrected chi connectivity index (χ3v) is 2.36. The van der Waals surface area contributed by atoms with Gasteiger partial charge in [0.05, 0.1) is 0 Å². The monoisotopic (exact) mass is 331 g/mol. The fourth-order valence-electron chi connectivity index (χ4n) is 1.42. The van der Waals surface area contributed by atoms with Crippen molar-refractivity contribution in [1.82, 2.24) is 9.97 Å². The van der Waals surface area contributed by atoms with Gasteiger partial charge in [-0.25, -0.2) is 9.78 Å². The number of nitrogens with two attached hydrogens (primary N) is 1. The largest absolute Gasteiger partial charge is 0.508 e. The molecule has 0 aliphatic rings. The molecule has 0 fully saturated rings. The third kappa shape index (κ3) is 6.50. The van der Waals surface area contributed by atoms with E-state index in [0.29, 0.717) is 12.2 Å². The molecular weight excluding hydrogens is 319 g/mol. The number of rotatable bonds is 2. The summed E-state index contributed by atoms with van der Waals surface area (Å²) in [6.45, 7) is 0. The number of nitrogens with one attached hydrogen (secondary N) is 1. The molecule has 1 aromatic heterocycles. The van der Waals surface area contributed by atoms with Gasteiger partial charge in [0.1, 0.15) is 17.4 Å². The van der Waals surface area contributed by atoms with Crippen LogP contribution in [-0.2, 0) is 11.2 Å². The van der Waals surface area contributed by atoms with Crippen LogP contribution in [0.25, 0.3) is 0 Å². The van der Waals surface area contributed by atoms with Crippen LogP contribution >= 0.6 is 0 Å². The summed E-state index contributed by atoms with van der Waals surface area (Å²) >= 11 is 0. The number of alkyl halides is 3. The maximum atomic E-state index is 11.1. The van der Waals surface area contributed by atoms with Crippen molar-refractivity contribution in [1.29, 1.82) is 0 Å². The molecule has 0 atom stereocenters. The summed E-state index contributed by atoms with van der Waals surface area (Å²) in [5.41, 5.74) is 6.14. The smallest absolute Gasteiger partial charge is 0.490 e. The van der Waals surface area contributed by atoms with E-state index in [0.717, 1.165) is 5.56 Å². The molecule has 124 valence electrons. The Hall–Kier alpha value is -3.04. The second-order valence-electron chi connectivity index (χ2n) is 4.26. The molecule has 7 nitrogen and oxygen atoms in total. The Kier molecular flexibility index (Phi) is 5.71. The number of aromatic hydroxyl groups is 1. The fraction of sp³-hybridized carbons (Fsp3) is 0.154. The van der Waals surface area contributed by atoms with E-state index in [1.807, 2.05) is 0 Å². The summed E-state index contributed by atoms with van der Waals surface area (Å²) in [4.78, 5) is 26.6. The Bertz CT molecular complexity index is 726. The lowest BCUT2D eigenvalue weighted by Gasteiger charge is -2.02. The normalized spacial score (nSPS) is 10.6. The van der Waals surface area contributed by atoms with E-state index in [4.69, 9.17) is 20.7 Å². The van der Waals surface area contributed by atoms with Crippen molar-refractivity contribution in [3.05, 3.63) is 52.1 Å². The van der Waals surface area contributed by atoms with Crippen molar-refractivity contribution in [2.75, 3.05) is 5.73 Å². The molecule has 1 aromatic carbocycles. The van der Waals surface area contributed by atoms with Crippen LogP contribution in [0.2, 0.25) is 0 Å². The molecule has 0 saturated heterocycles. The Morgan fingerprint density at radius 3 is 2.22 bits per heavy atom. The molecular formula is C13H12F3N3O4. The van der Waals surface area contributed by atoms with E-state index in [2.05, 4.69) is 9.97 Å². The number of hydrogen-bond donors (Lipinski definition) is 4. The lowest BCUT2D eigenvalue weighted by atomic mass is 10.1. The Labute approximate surface area is 127 Å². The van der Waals surface area contributed by atoms with Gasteiger partial charge < -0.3 is 20.9 Å². The molecule has 0 radical (unpaired) electrons. The van der Waals surface area contributed by atoms with Crippen molar-refractivity contribution in [3.63, 3.8) is 0 Å². The van der Waals surface area contributed by atoms with E-state index in [1.165, 1.54) is 6.07 Å². The quantitative estimate of drug-likeness (QED) is 0.656. The van der Waals surface area contributed by atoms with Crippen LogP contribution < -0.4 is 11.3 Å². The molecule has 2 aromatic rings. The van der Waals surface area contributed by atoms with Gasteiger partial charge in [-0.1, -0.05) is 12.1 Å². The van der Waals surface area contributed by atoms with Gasteiger partial charge in [-0.3, -0.25) is 4.79 Å². The highest BCUT2D eigenvalue weighted by Crippen LogP contribution is 2.13. The van der Waals surface area contributed by atoms with Crippen LogP contribution in [-0.4, -0.2) is 32.3 Å². The van der Waals surface area contributed by atoms with Crippen molar-refractivity contribution in [2.45, 2.75) is 12.6 Å². The maximum Gasteiger partial charge on any atom is 0.490 e. The summed E-state index contributed by atoms with van der Waals surface area (Å²) in [6.07, 6.45) is -4.61. The van der Waals surface area contributed by atoms with Crippen molar-refractivity contribution in [2.24, 2.45) is 0 Å². The van der Waals surface area contributed by atoms with Gasteiger partial charge in [-0.2, -0.15) is 13.2 Å². The summed E-state index contributed by atoms with van der Waals surface area (Å²) in [5, 5.41) is 16.2. The van der Waals surface area contributed by atoms with Crippen LogP contribution in [0.3, 0.4) is 0 Å². The number of aromatic amines is 1. The number of aromatic nitrogens is 2. The first-order valence-corrected chi connectivity index (χ1v) is 6.01. The van der Waals surface area contributed by atoms with E-state index < -0.39 is 12.1 Å². The number of nitrogens with zero attached hydrogens (tertiary/aromatic N) is 1. The van der Waals surface area contributed by atoms with Crippen molar-refractivity contribution >= 4 is 11.8 Å². The fourth-order valence-corrected chi connectivity index (χ4v) is 1.42. The topological polar surface area (TPSA) is 129 Å². The highest BCUT2D eigenvalue weighted by molar-refractivity contribution is 5.73. The summed E-state index contributed by atoms with van der Waals surface area (Å²) in [5.74, 6) is -1.83. The number of carbonyl (C=O) groups is 1. The summed E-state index contributed by atoms with van der Waals surface area (Å²) in [7, 11) is 0. The number of anilines is 1. The van der Waals surface area contributed by atoms with Crippen LogP contribution in [0.1, 0.15) is 11.4 Å². The number of nitrogen functional groups attached to an aromatic ring is 1. The average molecular weight is 331 g/mol. The number of carboxylic acid groups (broad SMARTS) is 1. The predicted molar refractivity (Wildman–Crippen MR) is 73.9 cm³/mol. The van der Waals surface area contributed by atoms with E-state index in [-0.39, 0.29) is 17.1 Å². The molecule has 0 aliphatic heterocycles. The Morgan fingerprint density at radius 2 is 1.78 bits per heavy atom. The first kappa shape index (κ1) is 18.0. The molecule has 2 rings (SSSR count). The van der Waals surface area contributed by atoms with Gasteiger partial charge in [0.15, 0.2) is 0 Å². The Balaban J connectivity index is 0.000000322. The zero-order valence-corrected chi connectivity index (χ0v) is 11.5. The molecule has 10 heteroatoms. The van der Waals surface area contributed by atoms with Gasteiger partial charge in [0.25, 0.3) is 5.56 Å². The van der Waals surface area contributed by atoms with Gasteiger partial charge in [0.2, 0.25) is 0 Å². The standard InChI is InChI=1S/C11H11N3O2.C2HF3O2/c12-9-6-11(16)14-10(13-9)5-7-1-3-8(15)4-2-7;3-2(4,5)1(6)7/h1-4,6,15H,5H2,(H3,12,13,14,16);(H,6,7). The second-order valence-corrected chi connectivity index (χ2v) is 4.26. The van der Waals surface area contributed by atoms with Gasteiger partial charge in [-0.15, -0.1) is 0 Å². The zero-order valence-electron chi connectivity index (χ0n) is 11.5.